The standard InChI is InChI=1S/C13H14O6/c1-10(14)19-13(17-7-8-18-13)9-16-12(15)11-5-3-2-4-6-11/h2-6H,7-9H2,1H3. The summed E-state index contributed by atoms with van der Waals surface area (Å²) in [5, 5.41) is 0. The Balaban J connectivity index is 1.96. The van der Waals surface area contributed by atoms with Gasteiger partial charge in [-0.05, 0) is 12.1 Å². The third-order valence-electron chi connectivity index (χ3n) is 2.42. The average Bonchev–Trinajstić information content (AvgIpc) is 2.85. The van der Waals surface area contributed by atoms with Crippen molar-refractivity contribution in [3.8, 4) is 0 Å². The molecule has 0 amide bonds. The topological polar surface area (TPSA) is 71.1 Å². The van der Waals surface area contributed by atoms with Crippen molar-refractivity contribution in [2.45, 2.75) is 12.9 Å². The number of hydrogen-bond donors (Lipinski definition) is 0. The lowest BCUT2D eigenvalue weighted by molar-refractivity contribution is -0.325. The van der Waals surface area contributed by atoms with Crippen molar-refractivity contribution >= 4 is 11.9 Å². The van der Waals surface area contributed by atoms with Gasteiger partial charge in [0.1, 0.15) is 0 Å². The van der Waals surface area contributed by atoms with Crippen molar-refractivity contribution in [3.05, 3.63) is 35.9 Å². The second kappa shape index (κ2) is 5.81. The molecule has 0 N–H and O–H groups in total. The van der Waals surface area contributed by atoms with Crippen molar-refractivity contribution in [1.29, 1.82) is 0 Å². The first-order valence-electron chi connectivity index (χ1n) is 5.81. The summed E-state index contributed by atoms with van der Waals surface area (Å²) in [6.45, 7) is 1.47. The molecular weight excluding hydrogens is 252 g/mol. The molecule has 0 aliphatic carbocycles. The Morgan fingerprint density at radius 3 is 2.42 bits per heavy atom. The summed E-state index contributed by atoms with van der Waals surface area (Å²) in [5.74, 6) is -2.72. The second-order valence-electron chi connectivity index (χ2n) is 3.92. The summed E-state index contributed by atoms with van der Waals surface area (Å²) in [7, 11) is 0. The van der Waals surface area contributed by atoms with Crippen LogP contribution in [0.3, 0.4) is 0 Å². The van der Waals surface area contributed by atoms with Crippen LogP contribution in [0.15, 0.2) is 30.3 Å². The van der Waals surface area contributed by atoms with Gasteiger partial charge in [-0.15, -0.1) is 0 Å². The Hall–Kier alpha value is -1.92. The van der Waals surface area contributed by atoms with Crippen LogP contribution in [0, 0.1) is 0 Å². The molecule has 1 aliphatic rings. The lowest BCUT2D eigenvalue weighted by atomic mass is 10.2. The van der Waals surface area contributed by atoms with E-state index in [-0.39, 0.29) is 19.8 Å². The number of benzene rings is 1. The van der Waals surface area contributed by atoms with Gasteiger partial charge >= 0.3 is 17.9 Å². The molecule has 102 valence electrons. The molecule has 1 saturated heterocycles. The molecule has 1 heterocycles. The van der Waals surface area contributed by atoms with Gasteiger partial charge in [0.15, 0.2) is 6.61 Å². The SMILES string of the molecule is CC(=O)OC1(COC(=O)c2ccccc2)OCCO1. The molecule has 1 aliphatic heterocycles. The Bertz CT molecular complexity index is 449. The van der Waals surface area contributed by atoms with Gasteiger partial charge in [0.2, 0.25) is 0 Å². The molecule has 1 aromatic carbocycles. The van der Waals surface area contributed by atoms with Gasteiger partial charge in [0, 0.05) is 6.92 Å². The predicted octanol–water partition coefficient (Wildman–Crippen LogP) is 1.11. The van der Waals surface area contributed by atoms with Crippen molar-refractivity contribution in [3.63, 3.8) is 0 Å². The molecule has 6 heteroatoms. The predicted molar refractivity (Wildman–Crippen MR) is 63.1 cm³/mol. The van der Waals surface area contributed by atoms with Crippen molar-refractivity contribution in [1.82, 2.24) is 0 Å². The van der Waals surface area contributed by atoms with E-state index < -0.39 is 17.9 Å². The highest BCUT2D eigenvalue weighted by atomic mass is 16.9. The molecule has 1 aromatic rings. The number of rotatable bonds is 4. The fourth-order valence-electron chi connectivity index (χ4n) is 1.64. The monoisotopic (exact) mass is 266 g/mol. The number of esters is 2. The third-order valence-corrected chi connectivity index (χ3v) is 2.42. The quantitative estimate of drug-likeness (QED) is 0.760. The second-order valence-corrected chi connectivity index (χ2v) is 3.92. The van der Waals surface area contributed by atoms with E-state index >= 15 is 0 Å². The zero-order valence-electron chi connectivity index (χ0n) is 10.5. The molecule has 0 atom stereocenters. The third kappa shape index (κ3) is 3.52. The molecule has 0 radical (unpaired) electrons. The molecule has 19 heavy (non-hydrogen) atoms. The van der Waals surface area contributed by atoms with E-state index in [0.29, 0.717) is 5.56 Å². The lowest BCUT2D eigenvalue weighted by Crippen LogP contribution is -2.41. The minimum atomic E-state index is -1.61. The number of ether oxygens (including phenoxy) is 4. The van der Waals surface area contributed by atoms with Crippen LogP contribution < -0.4 is 0 Å². The van der Waals surface area contributed by atoms with Gasteiger partial charge in [-0.1, -0.05) is 18.2 Å². The smallest absolute Gasteiger partial charge is 0.365 e. The first-order chi connectivity index (χ1) is 9.11. The summed E-state index contributed by atoms with van der Waals surface area (Å²) < 4.78 is 20.4. The van der Waals surface area contributed by atoms with Crippen molar-refractivity contribution in [2.24, 2.45) is 0 Å². The van der Waals surface area contributed by atoms with E-state index in [1.165, 1.54) is 6.92 Å². The Labute approximate surface area is 110 Å². The molecule has 0 spiro atoms. The number of carbonyl (C=O) groups excluding carboxylic acids is 2. The van der Waals surface area contributed by atoms with Crippen LogP contribution in [0.5, 0.6) is 0 Å². The molecule has 2 rings (SSSR count). The van der Waals surface area contributed by atoms with E-state index in [0.717, 1.165) is 0 Å². The maximum Gasteiger partial charge on any atom is 0.365 e. The fourth-order valence-corrected chi connectivity index (χ4v) is 1.64. The number of hydrogen-bond acceptors (Lipinski definition) is 6. The van der Waals surface area contributed by atoms with Gasteiger partial charge in [-0.2, -0.15) is 0 Å². The van der Waals surface area contributed by atoms with Crippen LogP contribution in [0.2, 0.25) is 0 Å². The summed E-state index contributed by atoms with van der Waals surface area (Å²) >= 11 is 0. The van der Waals surface area contributed by atoms with Crippen LogP contribution >= 0.6 is 0 Å². The molecule has 0 aromatic heterocycles. The minimum Gasteiger partial charge on any atom is -0.452 e. The van der Waals surface area contributed by atoms with Gasteiger partial charge in [-0.25, -0.2) is 4.79 Å². The van der Waals surface area contributed by atoms with E-state index in [1.807, 2.05) is 0 Å². The normalized spacial score (nSPS) is 16.9. The van der Waals surface area contributed by atoms with Crippen LogP contribution in [-0.4, -0.2) is 37.7 Å². The fraction of sp³-hybridized carbons (Fsp3) is 0.385. The van der Waals surface area contributed by atoms with Crippen LogP contribution in [0.1, 0.15) is 17.3 Å². The Kier molecular flexibility index (Phi) is 4.13. The first-order valence-corrected chi connectivity index (χ1v) is 5.81. The number of carbonyl (C=O) groups is 2. The summed E-state index contributed by atoms with van der Waals surface area (Å²) in [6.07, 6.45) is 0. The highest BCUT2D eigenvalue weighted by Crippen LogP contribution is 2.22. The summed E-state index contributed by atoms with van der Waals surface area (Å²) in [6, 6.07) is 8.48. The molecule has 6 nitrogen and oxygen atoms in total. The summed E-state index contributed by atoms with van der Waals surface area (Å²) in [4.78, 5) is 22.8. The lowest BCUT2D eigenvalue weighted by Gasteiger charge is -2.25. The Morgan fingerprint density at radius 2 is 1.84 bits per heavy atom. The van der Waals surface area contributed by atoms with Gasteiger partial charge in [0.25, 0.3) is 0 Å². The van der Waals surface area contributed by atoms with Gasteiger partial charge in [0.05, 0.1) is 18.8 Å². The molecule has 0 saturated carbocycles. The van der Waals surface area contributed by atoms with Crippen LogP contribution in [0.4, 0.5) is 0 Å². The molecule has 1 fully saturated rings. The molecular formula is C13H14O6. The maximum absolute atomic E-state index is 11.8. The van der Waals surface area contributed by atoms with Crippen molar-refractivity contribution < 1.29 is 28.5 Å². The van der Waals surface area contributed by atoms with Crippen LogP contribution in [0.25, 0.3) is 0 Å². The Morgan fingerprint density at radius 1 is 1.21 bits per heavy atom. The molecule has 0 bridgehead atoms. The highest BCUT2D eigenvalue weighted by molar-refractivity contribution is 5.89. The zero-order chi connectivity index (χ0) is 13.7. The van der Waals surface area contributed by atoms with Gasteiger partial charge in [-0.3, -0.25) is 4.79 Å². The van der Waals surface area contributed by atoms with Gasteiger partial charge < -0.3 is 18.9 Å². The summed E-state index contributed by atoms with van der Waals surface area (Å²) in [5.41, 5.74) is 0.401. The minimum absolute atomic E-state index is 0.274. The van der Waals surface area contributed by atoms with Crippen molar-refractivity contribution in [2.75, 3.05) is 19.8 Å². The van der Waals surface area contributed by atoms with E-state index in [1.54, 1.807) is 30.3 Å². The van der Waals surface area contributed by atoms with E-state index in [4.69, 9.17) is 18.9 Å². The average molecular weight is 266 g/mol. The maximum atomic E-state index is 11.8. The highest BCUT2D eigenvalue weighted by Gasteiger charge is 2.42. The zero-order valence-corrected chi connectivity index (χ0v) is 10.5. The molecule has 0 unspecified atom stereocenters. The van der Waals surface area contributed by atoms with E-state index in [9.17, 15) is 9.59 Å². The largest absolute Gasteiger partial charge is 0.452 e. The first kappa shape index (κ1) is 13.5. The van der Waals surface area contributed by atoms with Crippen LogP contribution in [-0.2, 0) is 23.7 Å². The van der Waals surface area contributed by atoms with E-state index in [2.05, 4.69) is 0 Å².